The Morgan fingerprint density at radius 1 is 1.18 bits per heavy atom. The fourth-order valence-electron chi connectivity index (χ4n) is 3.82. The fraction of sp³-hybridized carbons (Fsp3) is 0.368. The third-order valence-electron chi connectivity index (χ3n) is 5.23. The number of benzene rings is 1. The predicted molar refractivity (Wildman–Crippen MR) is 94.5 cm³/mol. The van der Waals surface area contributed by atoms with E-state index < -0.39 is 23.7 Å². The normalized spacial score (nSPS) is 22.5. The van der Waals surface area contributed by atoms with E-state index in [-0.39, 0.29) is 23.2 Å². The Labute approximate surface area is 159 Å². The molecule has 0 radical (unpaired) electrons. The number of alkyl halides is 3. The molecule has 0 saturated carbocycles. The number of carbonyl (C=O) groups excluding carboxylic acids is 1. The van der Waals surface area contributed by atoms with Gasteiger partial charge in [-0.15, -0.1) is 0 Å². The van der Waals surface area contributed by atoms with Crippen molar-refractivity contribution in [2.75, 3.05) is 13.1 Å². The van der Waals surface area contributed by atoms with Crippen molar-refractivity contribution in [3.05, 3.63) is 59.6 Å². The number of allylic oxidation sites excluding steroid dienone is 2. The first-order valence-corrected chi connectivity index (χ1v) is 8.97. The molecule has 3 heterocycles. The number of rotatable bonds is 2. The summed E-state index contributed by atoms with van der Waals surface area (Å²) in [6, 6.07) is 5.59. The number of halogens is 4. The monoisotopic (exact) mass is 394 g/mol. The standard InChI is InChI=1S/C19H18F4N4O/c20-13-5-6-16-24-25-17(27(16)11-13)18(28)26-9-7-12(8-10-26)14-3-1-2-4-15(14)19(21,22)23/h1-6,11-12,16,24H,7-10H2. The number of piperidine rings is 1. The number of fused-ring (bicyclic) bond motifs is 1. The van der Waals surface area contributed by atoms with Gasteiger partial charge < -0.3 is 4.90 Å². The van der Waals surface area contributed by atoms with Crippen LogP contribution in [0.2, 0.25) is 0 Å². The molecule has 0 aliphatic carbocycles. The largest absolute Gasteiger partial charge is 0.416 e. The van der Waals surface area contributed by atoms with Gasteiger partial charge >= 0.3 is 6.18 Å². The first-order chi connectivity index (χ1) is 13.3. The summed E-state index contributed by atoms with van der Waals surface area (Å²) in [7, 11) is 0. The molecule has 148 valence electrons. The molecule has 0 aromatic heterocycles. The molecule has 28 heavy (non-hydrogen) atoms. The molecule has 1 atom stereocenters. The Kier molecular flexibility index (Phi) is 4.60. The lowest BCUT2D eigenvalue weighted by Gasteiger charge is -2.34. The molecule has 3 aliphatic rings. The average Bonchev–Trinajstić information content (AvgIpc) is 3.10. The van der Waals surface area contributed by atoms with E-state index >= 15 is 0 Å². The Morgan fingerprint density at radius 3 is 2.61 bits per heavy atom. The van der Waals surface area contributed by atoms with Gasteiger partial charge in [0, 0.05) is 19.3 Å². The quantitative estimate of drug-likeness (QED) is 0.783. The third kappa shape index (κ3) is 3.36. The lowest BCUT2D eigenvalue weighted by atomic mass is 9.86. The van der Waals surface area contributed by atoms with Crippen LogP contribution in [-0.4, -0.2) is 40.8 Å². The molecule has 0 spiro atoms. The van der Waals surface area contributed by atoms with E-state index in [1.165, 1.54) is 29.3 Å². The first-order valence-electron chi connectivity index (χ1n) is 8.97. The van der Waals surface area contributed by atoms with Gasteiger partial charge in [0.15, 0.2) is 0 Å². The van der Waals surface area contributed by atoms with Crippen LogP contribution in [0.5, 0.6) is 0 Å². The predicted octanol–water partition coefficient (Wildman–Crippen LogP) is 3.34. The lowest BCUT2D eigenvalue weighted by molar-refractivity contribution is -0.138. The Hall–Kier alpha value is -2.84. The van der Waals surface area contributed by atoms with E-state index in [0.29, 0.717) is 25.9 Å². The zero-order valence-electron chi connectivity index (χ0n) is 14.8. The van der Waals surface area contributed by atoms with Crippen LogP contribution in [0.4, 0.5) is 17.6 Å². The van der Waals surface area contributed by atoms with E-state index in [9.17, 15) is 22.4 Å². The van der Waals surface area contributed by atoms with E-state index in [1.54, 1.807) is 17.0 Å². The maximum atomic E-state index is 13.5. The molecule has 1 amide bonds. The summed E-state index contributed by atoms with van der Waals surface area (Å²) in [6.45, 7) is 0.629. The molecule has 1 N–H and O–H groups in total. The maximum absolute atomic E-state index is 13.5. The van der Waals surface area contributed by atoms with E-state index in [1.807, 2.05) is 0 Å². The first kappa shape index (κ1) is 18.5. The second-order valence-corrected chi connectivity index (χ2v) is 6.94. The molecule has 5 nitrogen and oxygen atoms in total. The highest BCUT2D eigenvalue weighted by Crippen LogP contribution is 2.38. The molecule has 4 rings (SSSR count). The summed E-state index contributed by atoms with van der Waals surface area (Å²) in [6.07, 6.45) is 0.0873. The number of amides is 1. The van der Waals surface area contributed by atoms with Gasteiger partial charge in [-0.1, -0.05) is 18.2 Å². The number of hydrogen-bond donors (Lipinski definition) is 1. The lowest BCUT2D eigenvalue weighted by Crippen LogP contribution is -2.47. The number of amidine groups is 1. The van der Waals surface area contributed by atoms with E-state index in [4.69, 9.17) is 0 Å². The van der Waals surface area contributed by atoms with Crippen LogP contribution in [0.1, 0.15) is 29.9 Å². The van der Waals surface area contributed by atoms with E-state index in [0.717, 1.165) is 6.07 Å². The molecule has 1 aromatic rings. The molecule has 1 aromatic carbocycles. The highest BCUT2D eigenvalue weighted by Gasteiger charge is 2.38. The molecular weight excluding hydrogens is 376 g/mol. The van der Waals surface area contributed by atoms with Crippen molar-refractivity contribution < 1.29 is 22.4 Å². The van der Waals surface area contributed by atoms with Crippen molar-refractivity contribution in [3.63, 3.8) is 0 Å². The number of likely N-dealkylation sites (tertiary alicyclic amines) is 1. The SMILES string of the molecule is O=C(C1=NNC2C=CC(F)=CN12)N1CCC(c2ccccc2C(F)(F)F)CC1. The van der Waals surface area contributed by atoms with Crippen molar-refractivity contribution in [3.8, 4) is 0 Å². The average molecular weight is 394 g/mol. The Bertz CT molecular complexity index is 869. The van der Waals surface area contributed by atoms with Crippen molar-refractivity contribution in [2.24, 2.45) is 5.10 Å². The summed E-state index contributed by atoms with van der Waals surface area (Å²) in [4.78, 5) is 15.8. The number of hydrazone groups is 1. The van der Waals surface area contributed by atoms with Gasteiger partial charge in [0.05, 0.1) is 5.56 Å². The minimum absolute atomic E-state index is 0.0821. The highest BCUT2D eigenvalue weighted by molar-refractivity contribution is 6.38. The van der Waals surface area contributed by atoms with Gasteiger partial charge in [-0.3, -0.25) is 15.1 Å². The van der Waals surface area contributed by atoms with E-state index in [2.05, 4.69) is 10.5 Å². The van der Waals surface area contributed by atoms with Crippen LogP contribution in [0.25, 0.3) is 0 Å². The number of carbonyl (C=O) groups is 1. The number of nitrogens with one attached hydrogen (secondary N) is 1. The zero-order valence-corrected chi connectivity index (χ0v) is 14.8. The molecular formula is C19H18F4N4O. The van der Waals surface area contributed by atoms with Crippen LogP contribution in [0.3, 0.4) is 0 Å². The molecule has 1 fully saturated rings. The molecule has 3 aliphatic heterocycles. The van der Waals surface area contributed by atoms with Gasteiger partial charge in [-0.25, -0.2) is 4.39 Å². The minimum atomic E-state index is -4.40. The van der Waals surface area contributed by atoms with Crippen LogP contribution in [0.15, 0.2) is 53.5 Å². The molecule has 1 saturated heterocycles. The topological polar surface area (TPSA) is 47.9 Å². The van der Waals surface area contributed by atoms with Gasteiger partial charge in [-0.2, -0.15) is 18.3 Å². The van der Waals surface area contributed by atoms with Gasteiger partial charge in [-0.05, 0) is 42.5 Å². The second kappa shape index (κ2) is 6.96. The van der Waals surface area contributed by atoms with Gasteiger partial charge in [0.2, 0.25) is 5.84 Å². The summed E-state index contributed by atoms with van der Waals surface area (Å²) in [5.41, 5.74) is 2.40. The number of hydrogen-bond acceptors (Lipinski definition) is 4. The third-order valence-corrected chi connectivity index (χ3v) is 5.23. The second-order valence-electron chi connectivity index (χ2n) is 6.94. The van der Waals surface area contributed by atoms with Crippen LogP contribution < -0.4 is 5.43 Å². The Balaban J connectivity index is 1.44. The van der Waals surface area contributed by atoms with Crippen molar-refractivity contribution in [1.82, 2.24) is 15.2 Å². The maximum Gasteiger partial charge on any atom is 0.416 e. The summed E-state index contributed by atoms with van der Waals surface area (Å²) in [5.74, 6) is -1.04. The fourth-order valence-corrected chi connectivity index (χ4v) is 3.82. The van der Waals surface area contributed by atoms with Gasteiger partial charge in [0.25, 0.3) is 5.91 Å². The summed E-state index contributed by atoms with van der Waals surface area (Å²) >= 11 is 0. The highest BCUT2D eigenvalue weighted by atomic mass is 19.4. The molecule has 1 unspecified atom stereocenters. The van der Waals surface area contributed by atoms with Crippen LogP contribution in [-0.2, 0) is 11.0 Å². The number of nitrogens with zero attached hydrogens (tertiary/aromatic N) is 3. The van der Waals surface area contributed by atoms with Crippen LogP contribution >= 0.6 is 0 Å². The van der Waals surface area contributed by atoms with Gasteiger partial charge in [0.1, 0.15) is 12.0 Å². The van der Waals surface area contributed by atoms with Crippen molar-refractivity contribution in [1.29, 1.82) is 0 Å². The summed E-state index contributed by atoms with van der Waals surface area (Å²) in [5, 5.41) is 4.00. The minimum Gasteiger partial charge on any atom is -0.336 e. The Morgan fingerprint density at radius 2 is 1.89 bits per heavy atom. The zero-order chi connectivity index (χ0) is 19.9. The molecule has 9 heteroatoms. The smallest absolute Gasteiger partial charge is 0.336 e. The summed E-state index contributed by atoms with van der Waals surface area (Å²) < 4.78 is 53.3. The van der Waals surface area contributed by atoms with Crippen molar-refractivity contribution >= 4 is 11.7 Å². The van der Waals surface area contributed by atoms with Crippen molar-refractivity contribution in [2.45, 2.75) is 31.1 Å². The molecule has 0 bridgehead atoms. The van der Waals surface area contributed by atoms with Crippen LogP contribution in [0, 0.1) is 0 Å².